The van der Waals surface area contributed by atoms with Crippen molar-refractivity contribution < 1.29 is 10.3 Å². The fourth-order valence-corrected chi connectivity index (χ4v) is 2.49. The maximum Gasteiger partial charge on any atom is 0.139 e. The smallest absolute Gasteiger partial charge is 0.139 e. The molecule has 0 aliphatic heterocycles. The van der Waals surface area contributed by atoms with E-state index >= 15 is 0 Å². The summed E-state index contributed by atoms with van der Waals surface area (Å²) >= 11 is 0. The number of nitrogens with one attached hydrogen (secondary N) is 1. The Kier molecular flexibility index (Phi) is 6.43. The van der Waals surface area contributed by atoms with E-state index in [1.807, 2.05) is 0 Å². The zero-order chi connectivity index (χ0) is 13.4. The summed E-state index contributed by atoms with van der Waals surface area (Å²) < 4.78 is 0. The Balaban J connectivity index is 2.23. The molecule has 5 heteroatoms. The third kappa shape index (κ3) is 5.23. The lowest BCUT2D eigenvalue weighted by Gasteiger charge is -2.19. The summed E-state index contributed by atoms with van der Waals surface area (Å²) in [6, 6.07) is 0. The molecule has 1 aliphatic carbocycles. The van der Waals surface area contributed by atoms with Gasteiger partial charge in [-0.3, -0.25) is 0 Å². The Hall–Kier alpha value is -0.810. The third-order valence-corrected chi connectivity index (χ3v) is 3.81. The van der Waals surface area contributed by atoms with Gasteiger partial charge in [-0.1, -0.05) is 18.5 Å². The summed E-state index contributed by atoms with van der Waals surface area (Å²) in [6.07, 6.45) is 6.15. The molecule has 5 N–H and O–H groups in total. The number of nitrogens with zero attached hydrogens (tertiary/aromatic N) is 1. The molecule has 0 heterocycles. The van der Waals surface area contributed by atoms with Crippen LogP contribution >= 0.6 is 0 Å². The molecule has 1 rings (SSSR count). The van der Waals surface area contributed by atoms with Crippen LogP contribution in [0.15, 0.2) is 5.16 Å². The molecule has 0 aromatic rings. The molecule has 0 aromatic carbocycles. The van der Waals surface area contributed by atoms with E-state index in [1.165, 1.54) is 0 Å². The molecule has 1 saturated carbocycles. The second-order valence-electron chi connectivity index (χ2n) is 5.57. The van der Waals surface area contributed by atoms with E-state index in [9.17, 15) is 0 Å². The molecule has 0 saturated heterocycles. The van der Waals surface area contributed by atoms with E-state index in [0.717, 1.165) is 45.2 Å². The fraction of sp³-hybridized carbons (Fsp3) is 0.923. The Bertz CT molecular complexity index is 259. The minimum absolute atomic E-state index is 0.215. The van der Waals surface area contributed by atoms with Crippen LogP contribution in [0.5, 0.6) is 0 Å². The van der Waals surface area contributed by atoms with E-state index in [2.05, 4.69) is 17.4 Å². The summed E-state index contributed by atoms with van der Waals surface area (Å²) in [5.41, 5.74) is 5.78. The number of oxime groups is 1. The van der Waals surface area contributed by atoms with Crippen molar-refractivity contribution in [2.24, 2.45) is 22.2 Å². The van der Waals surface area contributed by atoms with Gasteiger partial charge in [0.25, 0.3) is 0 Å². The second kappa shape index (κ2) is 7.59. The molecule has 106 valence electrons. The van der Waals surface area contributed by atoms with E-state index in [-0.39, 0.29) is 12.0 Å². The lowest BCUT2D eigenvalue weighted by molar-refractivity contribution is 0.246. The Morgan fingerprint density at radius 2 is 2.17 bits per heavy atom. The topological polar surface area (TPSA) is 90.9 Å². The van der Waals surface area contributed by atoms with E-state index in [4.69, 9.17) is 16.0 Å². The van der Waals surface area contributed by atoms with Crippen molar-refractivity contribution in [3.05, 3.63) is 0 Å². The predicted molar refractivity (Wildman–Crippen MR) is 72.7 cm³/mol. The SMILES string of the molecule is CCCC(CCO)CNCC1(CC(N)=NO)CC1. The highest BCUT2D eigenvalue weighted by atomic mass is 16.4. The Morgan fingerprint density at radius 3 is 2.67 bits per heavy atom. The van der Waals surface area contributed by atoms with Crippen LogP contribution in [0.4, 0.5) is 0 Å². The van der Waals surface area contributed by atoms with Gasteiger partial charge in [-0.15, -0.1) is 0 Å². The molecule has 1 unspecified atom stereocenters. The fourth-order valence-electron chi connectivity index (χ4n) is 2.49. The van der Waals surface area contributed by atoms with Crippen LogP contribution < -0.4 is 11.1 Å². The van der Waals surface area contributed by atoms with Gasteiger partial charge in [0.1, 0.15) is 5.84 Å². The van der Waals surface area contributed by atoms with Crippen LogP contribution in [0.2, 0.25) is 0 Å². The van der Waals surface area contributed by atoms with Gasteiger partial charge < -0.3 is 21.4 Å². The molecule has 0 spiro atoms. The van der Waals surface area contributed by atoms with Crippen LogP contribution in [0.3, 0.4) is 0 Å². The van der Waals surface area contributed by atoms with Crippen molar-refractivity contribution >= 4 is 5.84 Å². The van der Waals surface area contributed by atoms with E-state index < -0.39 is 0 Å². The van der Waals surface area contributed by atoms with Crippen LogP contribution in [-0.2, 0) is 0 Å². The highest BCUT2D eigenvalue weighted by molar-refractivity contribution is 5.80. The molecule has 1 atom stereocenters. The molecule has 0 radical (unpaired) electrons. The quantitative estimate of drug-likeness (QED) is 0.205. The largest absolute Gasteiger partial charge is 0.409 e. The monoisotopic (exact) mass is 257 g/mol. The van der Waals surface area contributed by atoms with E-state index in [1.54, 1.807) is 0 Å². The molecule has 18 heavy (non-hydrogen) atoms. The van der Waals surface area contributed by atoms with Gasteiger partial charge in [-0.25, -0.2) is 0 Å². The highest BCUT2D eigenvalue weighted by Gasteiger charge is 2.42. The van der Waals surface area contributed by atoms with Crippen molar-refractivity contribution in [3.63, 3.8) is 0 Å². The van der Waals surface area contributed by atoms with E-state index in [0.29, 0.717) is 18.2 Å². The standard InChI is InChI=1S/C13H27N3O2/c1-2-3-11(4-7-17)9-15-10-13(5-6-13)8-12(14)16-18/h11,15,17-18H,2-10H2,1H3,(H2,14,16). The number of aliphatic hydroxyl groups is 1. The number of nitrogens with two attached hydrogens (primary N) is 1. The normalized spacial score (nSPS) is 19.8. The molecule has 0 amide bonds. The van der Waals surface area contributed by atoms with Gasteiger partial charge in [0.15, 0.2) is 0 Å². The summed E-state index contributed by atoms with van der Waals surface area (Å²) in [7, 11) is 0. The summed E-state index contributed by atoms with van der Waals surface area (Å²) in [5.74, 6) is 0.884. The first-order valence-electron chi connectivity index (χ1n) is 6.94. The molecule has 5 nitrogen and oxygen atoms in total. The first-order chi connectivity index (χ1) is 8.65. The number of amidine groups is 1. The Labute approximate surface area is 109 Å². The van der Waals surface area contributed by atoms with Crippen LogP contribution in [0.1, 0.15) is 45.4 Å². The minimum Gasteiger partial charge on any atom is -0.409 e. The average molecular weight is 257 g/mol. The van der Waals surface area contributed by atoms with Gasteiger partial charge in [0, 0.05) is 19.6 Å². The third-order valence-electron chi connectivity index (χ3n) is 3.81. The predicted octanol–water partition coefficient (Wildman–Crippen LogP) is 1.29. The van der Waals surface area contributed by atoms with Crippen molar-refractivity contribution in [2.45, 2.75) is 45.4 Å². The summed E-state index contributed by atoms with van der Waals surface area (Å²) in [6.45, 7) is 4.31. The summed E-state index contributed by atoms with van der Waals surface area (Å²) in [4.78, 5) is 0. The zero-order valence-electron chi connectivity index (χ0n) is 11.4. The van der Waals surface area contributed by atoms with Crippen LogP contribution in [0, 0.1) is 11.3 Å². The molecular formula is C13H27N3O2. The number of hydrogen-bond donors (Lipinski definition) is 4. The molecular weight excluding hydrogens is 230 g/mol. The minimum atomic E-state index is 0.215. The van der Waals surface area contributed by atoms with Gasteiger partial charge in [0.05, 0.1) is 0 Å². The second-order valence-corrected chi connectivity index (χ2v) is 5.57. The maximum atomic E-state index is 9.00. The molecule has 0 aromatic heterocycles. The first kappa shape index (κ1) is 15.2. The van der Waals surface area contributed by atoms with Gasteiger partial charge in [-0.2, -0.15) is 0 Å². The van der Waals surface area contributed by atoms with Gasteiger partial charge in [-0.05, 0) is 43.6 Å². The molecule has 1 fully saturated rings. The van der Waals surface area contributed by atoms with Crippen molar-refractivity contribution in [1.29, 1.82) is 0 Å². The highest BCUT2D eigenvalue weighted by Crippen LogP contribution is 2.48. The number of rotatable bonds is 10. The molecule has 0 bridgehead atoms. The van der Waals surface area contributed by atoms with Crippen molar-refractivity contribution in [3.8, 4) is 0 Å². The lowest BCUT2D eigenvalue weighted by atomic mass is 9.98. The maximum absolute atomic E-state index is 9.00. The van der Waals surface area contributed by atoms with Gasteiger partial charge in [0.2, 0.25) is 0 Å². The van der Waals surface area contributed by atoms with Crippen LogP contribution in [-0.4, -0.2) is 35.8 Å². The lowest BCUT2D eigenvalue weighted by Crippen LogP contribution is -2.32. The average Bonchev–Trinajstić information content (AvgIpc) is 3.09. The zero-order valence-corrected chi connectivity index (χ0v) is 11.4. The van der Waals surface area contributed by atoms with Crippen LogP contribution in [0.25, 0.3) is 0 Å². The van der Waals surface area contributed by atoms with Gasteiger partial charge >= 0.3 is 0 Å². The molecule has 1 aliphatic rings. The number of hydrogen-bond acceptors (Lipinski definition) is 4. The first-order valence-corrected chi connectivity index (χ1v) is 6.94. The van der Waals surface area contributed by atoms with Crippen molar-refractivity contribution in [1.82, 2.24) is 5.32 Å². The Morgan fingerprint density at radius 1 is 1.44 bits per heavy atom. The number of aliphatic hydroxyl groups excluding tert-OH is 1. The summed E-state index contributed by atoms with van der Waals surface area (Å²) in [5, 5.41) is 24.1. The van der Waals surface area contributed by atoms with Crippen molar-refractivity contribution in [2.75, 3.05) is 19.7 Å².